The predicted octanol–water partition coefficient (Wildman–Crippen LogP) is 34.6. The molecule has 9 heteroatoms. The molecular weight excluding hydrogens is 1720 g/mol. The highest BCUT2D eigenvalue weighted by Gasteiger charge is 2.36. The summed E-state index contributed by atoms with van der Waals surface area (Å²) in [6.07, 6.45) is 4.79. The fourth-order valence-electron chi connectivity index (χ4n) is 18.4. The van der Waals surface area contributed by atoms with Gasteiger partial charge in [-0.05, 0) is 285 Å². The Morgan fingerprint density at radius 2 is 0.523 bits per heavy atom. The molecule has 20 aromatic carbocycles. The molecule has 1 saturated carbocycles. The van der Waals surface area contributed by atoms with E-state index in [2.05, 4.69) is 459 Å². The number of ether oxygens (including phenoxy) is 1. The molecule has 0 amide bonds. The van der Waals surface area contributed by atoms with Gasteiger partial charge >= 0.3 is 0 Å². The van der Waals surface area contributed by atoms with E-state index < -0.39 is 9.84 Å². The van der Waals surface area contributed by atoms with E-state index in [1.165, 1.54) is 160 Å². The zero-order chi connectivity index (χ0) is 90.1. The third kappa shape index (κ3) is 19.1. The Labute approximate surface area is 790 Å². The maximum atomic E-state index is 13.0. The summed E-state index contributed by atoms with van der Waals surface area (Å²) in [5, 5.41) is 18.2. The van der Waals surface area contributed by atoms with Crippen LogP contribution in [0.1, 0.15) is 69.6 Å². The summed E-state index contributed by atoms with van der Waals surface area (Å²) >= 11 is 0. The molecule has 23 rings (SSSR count). The maximum absolute atomic E-state index is 13.0. The highest BCUT2D eigenvalue weighted by Crippen LogP contribution is 2.51. The number of sulfone groups is 1. The van der Waals surface area contributed by atoms with Crippen LogP contribution in [0.2, 0.25) is 0 Å². The summed E-state index contributed by atoms with van der Waals surface area (Å²) in [4.78, 5) is 15.0. The topological polar surface area (TPSA) is 43.4 Å². The van der Waals surface area contributed by atoms with Gasteiger partial charge in [-0.15, -0.1) is 0 Å². The van der Waals surface area contributed by atoms with Gasteiger partial charge in [0.05, 0.1) is 49.9 Å². The van der Waals surface area contributed by atoms with Crippen molar-refractivity contribution in [3.63, 3.8) is 0 Å². The van der Waals surface area contributed by atoms with Crippen LogP contribution in [0.3, 0.4) is 0 Å². The van der Waals surface area contributed by atoms with Crippen LogP contribution in [0.25, 0.3) is 104 Å². The summed E-state index contributed by atoms with van der Waals surface area (Å²) in [7, 11) is -2.04. The second-order valence-electron chi connectivity index (χ2n) is 34.6. The number of methoxy groups -OCH3 is 1. The van der Waals surface area contributed by atoms with Crippen molar-refractivity contribution in [2.45, 2.75) is 126 Å². The van der Waals surface area contributed by atoms with Gasteiger partial charge in [0.25, 0.3) is 0 Å². The van der Waals surface area contributed by atoms with E-state index in [4.69, 9.17) is 4.74 Å². The molecule has 1 aliphatic carbocycles. The molecule has 0 unspecified atom stereocenters. The lowest BCUT2D eigenvalue weighted by Crippen LogP contribution is -2.24. The van der Waals surface area contributed by atoms with Crippen LogP contribution in [0, 0.1) is 13.8 Å². The van der Waals surface area contributed by atoms with Crippen LogP contribution < -0.4 is 4.74 Å². The Morgan fingerprint density at radius 3 is 0.848 bits per heavy atom. The predicted molar refractivity (Wildman–Crippen MR) is 571 cm³/mol. The largest absolute Gasteiger partial charge is 0.496 e. The van der Waals surface area contributed by atoms with E-state index in [0.29, 0.717) is 4.90 Å². The minimum absolute atomic E-state index is 0.0269. The lowest BCUT2D eigenvalue weighted by atomic mass is 9.87. The highest BCUT2D eigenvalue weighted by atomic mass is 32.2. The Kier molecular flexibility index (Phi) is 26.7. The Bertz CT molecular complexity index is 7520. The van der Waals surface area contributed by atoms with Gasteiger partial charge in [0, 0.05) is 84.9 Å². The number of rotatable bonds is 14. The molecule has 0 bridgehead atoms. The van der Waals surface area contributed by atoms with Crippen LogP contribution in [0.4, 0.5) is 0 Å². The van der Waals surface area contributed by atoms with Gasteiger partial charge in [-0.3, -0.25) is 0 Å². The molecule has 0 spiro atoms. The SMILES string of the molecule is CC(C)(C)c1ccc([S+](c2ccc3ccccc3c2)c2ccc3ccccc3c2)cc1.COc1c(C)cc(-[s+]2c3ccccc3c3ccccc32)cc1C.O=S(=O)(c1ccc([S+](c2ccccc2)c2ccccc2)cc1)C1CCCCC1.c1ccc(-[s+]2c3ccccc3c3ccccc32)cc1.c1ccc2cc([S+](c3ccc4ccccc4c3)c3ccc4ccccc4c3)ccc2c1. The standard InChI is InChI=1S/C30H21S.C30H27S.C24H25O2S2.C21H19OS.C18H13S/c1-4-10-25-19-28(16-13-22(25)7-1)31(29-17-14-23-8-2-5-11-26(23)20-29)30-18-15-24-9-3-6-12-27(24)21-30;1-30(2,3)26-14-18-27(19-15-26)31(28-16-12-22-8-4-6-10-24(22)20-28)29-17-13-23-9-5-7-11-25(23)21-29;25-28(26,23-14-8-3-9-15-23)24-18-16-22(17-19-24)27(20-10-4-1-5-11-20)21-12-6-2-7-13-21;1-14-12-16(13-15(2)21(14)22-3)23-19-10-6-4-8-17(19)18-9-5-7-11-20(18)23;1-2-8-14(9-3-1)19-17-12-6-4-10-15(17)16-11-5-7-13-18(16)19/h1-21H;4-21H,1-3H3;1-2,4-7,10-13,16-19,23H,3,8-9,14-15H2;4-13H,1-3H3;1-13H/q5*+1. The van der Waals surface area contributed by atoms with Gasteiger partial charge in [0.15, 0.2) is 82.5 Å². The fraction of sp³-hybridized carbons (Fsp3) is 0.106. The minimum atomic E-state index is -3.23. The summed E-state index contributed by atoms with van der Waals surface area (Å²) in [6, 6.07) is 166. The van der Waals surface area contributed by atoms with Crippen molar-refractivity contribution in [1.82, 2.24) is 0 Å². The molecule has 0 atom stereocenters. The first kappa shape index (κ1) is 88.2. The molecule has 1 aliphatic rings. The van der Waals surface area contributed by atoms with Crippen molar-refractivity contribution in [1.29, 1.82) is 0 Å². The molecule has 646 valence electrons. The van der Waals surface area contributed by atoms with E-state index in [9.17, 15) is 8.42 Å². The van der Waals surface area contributed by atoms with Crippen molar-refractivity contribution >= 4 is 158 Å². The number of fused-ring (bicyclic) bond motifs is 11. The quantitative estimate of drug-likeness (QED) is 0.102. The third-order valence-electron chi connectivity index (χ3n) is 24.9. The van der Waals surface area contributed by atoms with E-state index in [0.717, 1.165) is 42.7 Å². The van der Waals surface area contributed by atoms with Gasteiger partial charge in [0.2, 0.25) is 0 Å². The van der Waals surface area contributed by atoms with Crippen molar-refractivity contribution in [3.8, 4) is 15.5 Å². The molecule has 0 saturated heterocycles. The highest BCUT2D eigenvalue weighted by molar-refractivity contribution is 7.97. The molecule has 132 heavy (non-hydrogen) atoms. The molecule has 0 N–H and O–H groups in total. The molecule has 22 aromatic rings. The normalized spacial score (nSPS) is 12.4. The van der Waals surface area contributed by atoms with E-state index in [1.807, 2.05) is 36.4 Å². The molecular formula is C123H105O3S6+5. The summed E-state index contributed by atoms with van der Waals surface area (Å²) in [5.41, 5.74) is 3.94. The van der Waals surface area contributed by atoms with Crippen molar-refractivity contribution in [3.05, 3.63) is 478 Å². The van der Waals surface area contributed by atoms with E-state index in [-0.39, 0.29) is 64.3 Å². The number of hydrogen-bond donors (Lipinski definition) is 0. The summed E-state index contributed by atoms with van der Waals surface area (Å²) in [6.45, 7) is 11.1. The molecule has 0 aliphatic heterocycles. The zero-order valence-electron chi connectivity index (χ0n) is 75.2. The Hall–Kier alpha value is -13.1. The number of aryl methyl sites for hydroxylation is 2. The summed E-state index contributed by atoms with van der Waals surface area (Å²) < 4.78 is 37.3. The lowest BCUT2D eigenvalue weighted by Gasteiger charge is -2.21. The molecule has 2 aromatic heterocycles. The zero-order valence-corrected chi connectivity index (χ0v) is 80.1. The average Bonchev–Trinajstić information content (AvgIpc) is 1.59. The number of thiophene rings is 2. The Balaban J connectivity index is 0.000000108. The Morgan fingerprint density at radius 1 is 0.265 bits per heavy atom. The first-order valence-corrected chi connectivity index (χ1v) is 53.1. The number of hydrogen-bond acceptors (Lipinski definition) is 3. The van der Waals surface area contributed by atoms with Crippen LogP contribution in [0.5, 0.6) is 5.75 Å². The fourth-order valence-corrected chi connectivity index (χ4v) is 31.5. The van der Waals surface area contributed by atoms with Crippen molar-refractivity contribution in [2.24, 2.45) is 0 Å². The molecule has 2 heterocycles. The van der Waals surface area contributed by atoms with Crippen LogP contribution in [-0.4, -0.2) is 20.8 Å². The van der Waals surface area contributed by atoms with Gasteiger partial charge in [-0.2, -0.15) is 0 Å². The van der Waals surface area contributed by atoms with Crippen LogP contribution in [0.15, 0.2) is 510 Å². The first-order chi connectivity index (χ1) is 64.6. The molecule has 3 nitrogen and oxygen atoms in total. The van der Waals surface area contributed by atoms with Gasteiger partial charge in [-0.25, -0.2) is 8.42 Å². The average molecular weight is 1820 g/mol. The van der Waals surface area contributed by atoms with Crippen molar-refractivity contribution in [2.75, 3.05) is 7.11 Å². The van der Waals surface area contributed by atoms with E-state index >= 15 is 0 Å². The monoisotopic (exact) mass is 1820 g/mol. The lowest BCUT2D eigenvalue weighted by molar-refractivity contribution is 0.408. The molecule has 0 radical (unpaired) electrons. The smallest absolute Gasteiger partial charge is 0.187 e. The van der Waals surface area contributed by atoms with Gasteiger partial charge < -0.3 is 4.74 Å². The van der Waals surface area contributed by atoms with Crippen molar-refractivity contribution < 1.29 is 13.2 Å². The number of benzene rings is 20. The van der Waals surface area contributed by atoms with E-state index in [1.54, 1.807) is 7.11 Å². The first-order valence-electron chi connectivity index (χ1n) is 45.4. The third-order valence-corrected chi connectivity index (χ3v) is 38.5. The second-order valence-corrected chi connectivity index (χ2v) is 46.9. The second kappa shape index (κ2) is 39.9. The van der Waals surface area contributed by atoms with Crippen LogP contribution >= 0.6 is 20.9 Å². The van der Waals surface area contributed by atoms with Gasteiger partial charge in [0.1, 0.15) is 5.75 Å². The minimum Gasteiger partial charge on any atom is -0.496 e. The van der Waals surface area contributed by atoms with Gasteiger partial charge in [-0.1, -0.05) is 277 Å². The summed E-state index contributed by atoms with van der Waals surface area (Å²) in [5.74, 6) is 0.998. The molecule has 1 fully saturated rings. The van der Waals surface area contributed by atoms with Crippen LogP contribution in [-0.2, 0) is 47.9 Å². The maximum Gasteiger partial charge on any atom is 0.187 e.